The van der Waals surface area contributed by atoms with Crippen LogP contribution in [0.25, 0.3) is 0 Å². The minimum atomic E-state index is -0.420. The molecular weight excluding hydrogens is 352 g/mol. The van der Waals surface area contributed by atoms with Crippen molar-refractivity contribution in [3.63, 3.8) is 0 Å². The van der Waals surface area contributed by atoms with Gasteiger partial charge in [-0.15, -0.1) is 0 Å². The standard InChI is InChI=1S/C19H15ClN4O2/c20-15-2-1-3-16(11-15)24-19(26)17-10-14(6-9-22-17)18(25)23-12-13-4-7-21-8-5-13/h1-11H,12H2,(H,23,25)(H,24,26). The number of aromatic nitrogens is 2. The molecule has 26 heavy (non-hydrogen) atoms. The summed E-state index contributed by atoms with van der Waals surface area (Å²) in [5.74, 6) is -0.711. The third-order valence-corrected chi connectivity index (χ3v) is 3.77. The summed E-state index contributed by atoms with van der Waals surface area (Å²) in [6.45, 7) is 0.369. The zero-order chi connectivity index (χ0) is 18.4. The van der Waals surface area contributed by atoms with Crippen LogP contribution in [-0.2, 0) is 6.54 Å². The van der Waals surface area contributed by atoms with Gasteiger partial charge in [-0.25, -0.2) is 0 Å². The maximum atomic E-state index is 12.3. The molecule has 0 aliphatic heterocycles. The molecule has 2 heterocycles. The van der Waals surface area contributed by atoms with E-state index < -0.39 is 5.91 Å². The van der Waals surface area contributed by atoms with Crippen LogP contribution in [-0.4, -0.2) is 21.8 Å². The van der Waals surface area contributed by atoms with E-state index in [-0.39, 0.29) is 11.6 Å². The van der Waals surface area contributed by atoms with E-state index in [1.807, 2.05) is 12.1 Å². The van der Waals surface area contributed by atoms with Crippen LogP contribution in [0.1, 0.15) is 26.4 Å². The van der Waals surface area contributed by atoms with E-state index in [0.29, 0.717) is 22.8 Å². The average Bonchev–Trinajstić information content (AvgIpc) is 2.67. The van der Waals surface area contributed by atoms with Gasteiger partial charge in [0.15, 0.2) is 0 Å². The van der Waals surface area contributed by atoms with Crippen molar-refractivity contribution < 1.29 is 9.59 Å². The lowest BCUT2D eigenvalue weighted by atomic mass is 10.2. The third-order valence-electron chi connectivity index (χ3n) is 3.54. The zero-order valence-corrected chi connectivity index (χ0v) is 14.4. The third kappa shape index (κ3) is 4.64. The van der Waals surface area contributed by atoms with E-state index in [4.69, 9.17) is 11.6 Å². The molecule has 0 bridgehead atoms. The molecule has 130 valence electrons. The van der Waals surface area contributed by atoms with Crippen LogP contribution in [0.4, 0.5) is 5.69 Å². The van der Waals surface area contributed by atoms with Crippen molar-refractivity contribution in [2.24, 2.45) is 0 Å². The molecule has 3 rings (SSSR count). The number of pyridine rings is 2. The fraction of sp³-hybridized carbons (Fsp3) is 0.0526. The van der Waals surface area contributed by atoms with Gasteiger partial charge < -0.3 is 10.6 Å². The summed E-state index contributed by atoms with van der Waals surface area (Å²) >= 11 is 5.90. The highest BCUT2D eigenvalue weighted by Crippen LogP contribution is 2.15. The molecule has 3 aromatic rings. The first kappa shape index (κ1) is 17.6. The molecule has 0 unspecified atom stereocenters. The molecule has 6 nitrogen and oxygen atoms in total. The number of hydrogen-bond donors (Lipinski definition) is 2. The summed E-state index contributed by atoms with van der Waals surface area (Å²) < 4.78 is 0. The van der Waals surface area contributed by atoms with E-state index in [0.717, 1.165) is 5.56 Å². The van der Waals surface area contributed by atoms with Gasteiger partial charge in [0.05, 0.1) is 0 Å². The Bertz CT molecular complexity index is 932. The first-order chi connectivity index (χ1) is 12.6. The topological polar surface area (TPSA) is 84.0 Å². The number of nitrogens with one attached hydrogen (secondary N) is 2. The summed E-state index contributed by atoms with van der Waals surface area (Å²) in [5.41, 5.74) is 1.98. The van der Waals surface area contributed by atoms with Gasteiger partial charge in [0, 0.05) is 41.4 Å². The fourth-order valence-corrected chi connectivity index (χ4v) is 2.43. The van der Waals surface area contributed by atoms with Crippen molar-refractivity contribution in [3.05, 3.63) is 89.0 Å². The molecule has 0 atom stereocenters. The highest BCUT2D eigenvalue weighted by Gasteiger charge is 2.12. The highest BCUT2D eigenvalue weighted by atomic mass is 35.5. The molecule has 0 aliphatic carbocycles. The molecule has 0 saturated carbocycles. The molecule has 0 spiro atoms. The predicted octanol–water partition coefficient (Wildman–Crippen LogP) is 3.31. The molecule has 0 saturated heterocycles. The molecule has 0 aliphatic rings. The molecule has 2 aromatic heterocycles. The summed E-state index contributed by atoms with van der Waals surface area (Å²) in [6, 6.07) is 13.4. The summed E-state index contributed by atoms with van der Waals surface area (Å²) in [7, 11) is 0. The number of rotatable bonds is 5. The van der Waals surface area contributed by atoms with Crippen LogP contribution in [0.2, 0.25) is 5.02 Å². The van der Waals surface area contributed by atoms with E-state index in [1.54, 1.807) is 42.7 Å². The zero-order valence-electron chi connectivity index (χ0n) is 13.6. The largest absolute Gasteiger partial charge is 0.348 e. The molecular formula is C19H15ClN4O2. The monoisotopic (exact) mass is 366 g/mol. The Morgan fingerprint density at radius 1 is 0.962 bits per heavy atom. The molecule has 0 fully saturated rings. The molecule has 0 radical (unpaired) electrons. The van der Waals surface area contributed by atoms with Crippen LogP contribution in [0.5, 0.6) is 0 Å². The average molecular weight is 367 g/mol. The molecule has 7 heteroatoms. The minimum absolute atomic E-state index is 0.140. The van der Waals surface area contributed by atoms with E-state index in [1.165, 1.54) is 12.3 Å². The second-order valence-electron chi connectivity index (χ2n) is 5.43. The Morgan fingerprint density at radius 3 is 2.54 bits per heavy atom. The van der Waals surface area contributed by atoms with Crippen molar-refractivity contribution in [2.75, 3.05) is 5.32 Å². The van der Waals surface area contributed by atoms with Crippen LogP contribution in [0, 0.1) is 0 Å². The van der Waals surface area contributed by atoms with E-state index >= 15 is 0 Å². The first-order valence-electron chi connectivity index (χ1n) is 7.82. The van der Waals surface area contributed by atoms with Crippen LogP contribution < -0.4 is 10.6 Å². The fourth-order valence-electron chi connectivity index (χ4n) is 2.24. The quantitative estimate of drug-likeness (QED) is 0.725. The van der Waals surface area contributed by atoms with Crippen molar-refractivity contribution in [3.8, 4) is 0 Å². The van der Waals surface area contributed by atoms with Gasteiger partial charge in [0.25, 0.3) is 11.8 Å². The number of benzene rings is 1. The van der Waals surface area contributed by atoms with E-state index in [2.05, 4.69) is 20.6 Å². The minimum Gasteiger partial charge on any atom is -0.348 e. The number of carbonyl (C=O) groups is 2. The Labute approximate surface area is 155 Å². The Balaban J connectivity index is 1.67. The molecule has 1 aromatic carbocycles. The SMILES string of the molecule is O=C(NCc1ccncc1)c1ccnc(C(=O)Nc2cccc(Cl)c2)c1. The highest BCUT2D eigenvalue weighted by molar-refractivity contribution is 6.30. The number of anilines is 1. The van der Waals surface area contributed by atoms with Crippen molar-refractivity contribution in [1.82, 2.24) is 15.3 Å². The lowest BCUT2D eigenvalue weighted by Crippen LogP contribution is -2.23. The number of nitrogens with zero attached hydrogens (tertiary/aromatic N) is 2. The smallest absolute Gasteiger partial charge is 0.274 e. The summed E-state index contributed by atoms with van der Waals surface area (Å²) in [4.78, 5) is 32.6. The van der Waals surface area contributed by atoms with Crippen LogP contribution in [0.3, 0.4) is 0 Å². The maximum Gasteiger partial charge on any atom is 0.274 e. The maximum absolute atomic E-state index is 12.3. The van der Waals surface area contributed by atoms with Gasteiger partial charge in [-0.05, 0) is 48.0 Å². The predicted molar refractivity (Wildman–Crippen MR) is 99.0 cm³/mol. The van der Waals surface area contributed by atoms with Crippen molar-refractivity contribution in [1.29, 1.82) is 0 Å². The van der Waals surface area contributed by atoms with Crippen LogP contribution >= 0.6 is 11.6 Å². The van der Waals surface area contributed by atoms with Gasteiger partial charge in [0.2, 0.25) is 0 Å². The first-order valence-corrected chi connectivity index (χ1v) is 8.20. The lowest BCUT2D eigenvalue weighted by Gasteiger charge is -2.08. The summed E-state index contributed by atoms with van der Waals surface area (Å²) in [6.07, 6.45) is 4.74. The number of halogens is 1. The number of amides is 2. The van der Waals surface area contributed by atoms with Crippen molar-refractivity contribution in [2.45, 2.75) is 6.54 Å². The molecule has 2 amide bonds. The number of hydrogen-bond acceptors (Lipinski definition) is 4. The molecule has 2 N–H and O–H groups in total. The van der Waals surface area contributed by atoms with Gasteiger partial charge in [-0.2, -0.15) is 0 Å². The van der Waals surface area contributed by atoms with Gasteiger partial charge >= 0.3 is 0 Å². The van der Waals surface area contributed by atoms with Crippen molar-refractivity contribution >= 4 is 29.1 Å². The Morgan fingerprint density at radius 2 is 1.77 bits per heavy atom. The summed E-state index contributed by atoms with van der Waals surface area (Å²) in [5, 5.41) is 6.01. The number of carbonyl (C=O) groups excluding carboxylic acids is 2. The normalized spacial score (nSPS) is 10.2. The van der Waals surface area contributed by atoms with Gasteiger partial charge in [0.1, 0.15) is 5.69 Å². The second kappa shape index (κ2) is 8.22. The second-order valence-corrected chi connectivity index (χ2v) is 5.87. The van der Waals surface area contributed by atoms with Crippen LogP contribution in [0.15, 0.2) is 67.1 Å². The lowest BCUT2D eigenvalue weighted by molar-refractivity contribution is 0.0950. The Kier molecular flexibility index (Phi) is 5.56. The Hall–Kier alpha value is -3.25. The van der Waals surface area contributed by atoms with E-state index in [9.17, 15) is 9.59 Å². The van der Waals surface area contributed by atoms with Gasteiger partial charge in [-0.3, -0.25) is 19.6 Å². The van der Waals surface area contributed by atoms with Gasteiger partial charge in [-0.1, -0.05) is 17.7 Å².